The van der Waals surface area contributed by atoms with Gasteiger partial charge in [0, 0.05) is 18.5 Å². The van der Waals surface area contributed by atoms with E-state index in [0.717, 1.165) is 29.0 Å². The van der Waals surface area contributed by atoms with Gasteiger partial charge in [0.25, 0.3) is 0 Å². The van der Waals surface area contributed by atoms with E-state index in [1.807, 2.05) is 0 Å². The quantitative estimate of drug-likeness (QED) is 0.922. The van der Waals surface area contributed by atoms with Crippen molar-refractivity contribution in [2.24, 2.45) is 5.92 Å². The Morgan fingerprint density at radius 1 is 1.39 bits per heavy atom. The van der Waals surface area contributed by atoms with Crippen molar-refractivity contribution in [3.63, 3.8) is 0 Å². The van der Waals surface area contributed by atoms with Crippen LogP contribution in [-0.2, 0) is 0 Å². The third-order valence-electron chi connectivity index (χ3n) is 2.92. The zero-order valence-electron chi connectivity index (χ0n) is 11.4. The molecule has 0 aliphatic rings. The van der Waals surface area contributed by atoms with Crippen LogP contribution in [0.2, 0.25) is 0 Å². The molecule has 0 spiro atoms. The summed E-state index contributed by atoms with van der Waals surface area (Å²) >= 11 is 1.66. The van der Waals surface area contributed by atoms with E-state index in [4.69, 9.17) is 5.73 Å². The molecule has 0 atom stereocenters. The van der Waals surface area contributed by atoms with Crippen molar-refractivity contribution in [1.29, 1.82) is 0 Å². The number of nitrogen functional groups attached to an aromatic ring is 1. The first-order valence-electron chi connectivity index (χ1n) is 6.22. The van der Waals surface area contributed by atoms with E-state index < -0.39 is 0 Å². The van der Waals surface area contributed by atoms with Crippen LogP contribution < -0.4 is 10.6 Å². The van der Waals surface area contributed by atoms with Gasteiger partial charge in [-0.3, -0.25) is 0 Å². The van der Waals surface area contributed by atoms with E-state index in [1.165, 1.54) is 4.88 Å². The topological polar surface area (TPSA) is 55.0 Å². The predicted molar refractivity (Wildman–Crippen MR) is 79.3 cm³/mol. The third-order valence-corrected chi connectivity index (χ3v) is 3.86. The molecular weight excluding hydrogens is 244 g/mol. The number of thiophene rings is 1. The predicted octanol–water partition coefficient (Wildman–Crippen LogP) is 3.06. The van der Waals surface area contributed by atoms with Crippen LogP contribution in [0.1, 0.15) is 25.1 Å². The lowest BCUT2D eigenvalue weighted by molar-refractivity contribution is 0.584. The summed E-state index contributed by atoms with van der Waals surface area (Å²) in [6.07, 6.45) is 1.14. The van der Waals surface area contributed by atoms with Gasteiger partial charge >= 0.3 is 0 Å². The largest absolute Gasteiger partial charge is 0.368 e. The molecule has 4 nitrogen and oxygen atoms in total. The van der Waals surface area contributed by atoms with Crippen LogP contribution in [0, 0.1) is 12.8 Å². The molecule has 0 aliphatic carbocycles. The highest BCUT2D eigenvalue weighted by atomic mass is 32.1. The SMILES string of the molecule is Cc1cc2c(N(C)CCC(C)C)nc(N)nc2s1. The van der Waals surface area contributed by atoms with Crippen molar-refractivity contribution in [3.05, 3.63) is 10.9 Å². The average molecular weight is 264 g/mol. The van der Waals surface area contributed by atoms with Crippen LogP contribution in [-0.4, -0.2) is 23.6 Å². The second-order valence-corrected chi connectivity index (χ2v) is 6.32. The summed E-state index contributed by atoms with van der Waals surface area (Å²) in [4.78, 5) is 13.1. The smallest absolute Gasteiger partial charge is 0.223 e. The molecule has 2 rings (SSSR count). The standard InChI is InChI=1S/C13H20N4S/c1-8(2)5-6-17(4)11-10-7-9(3)18-12(10)16-13(14)15-11/h7-8H,5-6H2,1-4H3,(H2,14,15,16). The summed E-state index contributed by atoms with van der Waals surface area (Å²) in [5, 5.41) is 1.11. The molecule has 98 valence electrons. The van der Waals surface area contributed by atoms with Gasteiger partial charge in [-0.1, -0.05) is 13.8 Å². The van der Waals surface area contributed by atoms with E-state index >= 15 is 0 Å². The molecule has 5 heteroatoms. The van der Waals surface area contributed by atoms with Gasteiger partial charge in [0.1, 0.15) is 10.6 Å². The molecule has 2 aromatic rings. The average Bonchev–Trinajstić information content (AvgIpc) is 2.64. The second kappa shape index (κ2) is 5.10. The minimum atomic E-state index is 0.357. The molecule has 0 aromatic carbocycles. The highest BCUT2D eigenvalue weighted by Crippen LogP contribution is 2.30. The minimum absolute atomic E-state index is 0.357. The molecule has 0 saturated heterocycles. The molecule has 0 fully saturated rings. The summed E-state index contributed by atoms with van der Waals surface area (Å²) < 4.78 is 0. The van der Waals surface area contributed by atoms with Crippen LogP contribution in [0.5, 0.6) is 0 Å². The van der Waals surface area contributed by atoms with Crippen molar-refractivity contribution in [2.75, 3.05) is 24.2 Å². The van der Waals surface area contributed by atoms with E-state index in [1.54, 1.807) is 11.3 Å². The summed E-state index contributed by atoms with van der Waals surface area (Å²) in [6, 6.07) is 2.14. The fourth-order valence-electron chi connectivity index (χ4n) is 1.89. The lowest BCUT2D eigenvalue weighted by atomic mass is 10.1. The number of rotatable bonds is 4. The maximum Gasteiger partial charge on any atom is 0.223 e. The van der Waals surface area contributed by atoms with Crippen molar-refractivity contribution < 1.29 is 0 Å². The highest BCUT2D eigenvalue weighted by molar-refractivity contribution is 7.18. The monoisotopic (exact) mass is 264 g/mol. The first kappa shape index (κ1) is 13.1. The molecule has 0 bridgehead atoms. The van der Waals surface area contributed by atoms with Crippen LogP contribution in [0.15, 0.2) is 6.07 Å². The molecule has 0 unspecified atom stereocenters. The zero-order valence-corrected chi connectivity index (χ0v) is 12.2. The van der Waals surface area contributed by atoms with Gasteiger partial charge in [-0.15, -0.1) is 11.3 Å². The van der Waals surface area contributed by atoms with Crippen molar-refractivity contribution in [1.82, 2.24) is 9.97 Å². The van der Waals surface area contributed by atoms with Gasteiger partial charge < -0.3 is 10.6 Å². The van der Waals surface area contributed by atoms with Gasteiger partial charge in [0.15, 0.2) is 0 Å². The number of nitrogens with zero attached hydrogens (tertiary/aromatic N) is 3. The van der Waals surface area contributed by atoms with Crippen LogP contribution in [0.3, 0.4) is 0 Å². The van der Waals surface area contributed by atoms with E-state index in [2.05, 4.69) is 48.8 Å². The van der Waals surface area contributed by atoms with Gasteiger partial charge in [0.05, 0.1) is 5.39 Å². The van der Waals surface area contributed by atoms with Crippen LogP contribution in [0.25, 0.3) is 10.2 Å². The maximum atomic E-state index is 5.79. The highest BCUT2D eigenvalue weighted by Gasteiger charge is 2.13. The Bertz CT molecular complexity index is 547. The Morgan fingerprint density at radius 3 is 2.78 bits per heavy atom. The summed E-state index contributed by atoms with van der Waals surface area (Å²) in [6.45, 7) is 7.53. The van der Waals surface area contributed by atoms with Gasteiger partial charge in [-0.05, 0) is 25.3 Å². The number of hydrogen-bond acceptors (Lipinski definition) is 5. The molecule has 2 N–H and O–H groups in total. The van der Waals surface area contributed by atoms with Crippen LogP contribution >= 0.6 is 11.3 Å². The fourth-order valence-corrected chi connectivity index (χ4v) is 2.77. The number of aryl methyl sites for hydroxylation is 1. The first-order chi connectivity index (χ1) is 8.47. The maximum absolute atomic E-state index is 5.79. The molecule has 2 aromatic heterocycles. The minimum Gasteiger partial charge on any atom is -0.368 e. The van der Waals surface area contributed by atoms with Gasteiger partial charge in [-0.25, -0.2) is 4.98 Å². The Labute approximate surface area is 112 Å². The molecule has 0 saturated carbocycles. The number of nitrogens with two attached hydrogens (primary N) is 1. The summed E-state index contributed by atoms with van der Waals surface area (Å²) in [5.41, 5.74) is 5.79. The molecule has 0 amide bonds. The number of aromatic nitrogens is 2. The third kappa shape index (κ3) is 2.72. The van der Waals surface area contributed by atoms with Crippen LogP contribution in [0.4, 0.5) is 11.8 Å². The molecule has 2 heterocycles. The van der Waals surface area contributed by atoms with Crippen molar-refractivity contribution in [2.45, 2.75) is 27.2 Å². The molecule has 0 aliphatic heterocycles. The lowest BCUT2D eigenvalue weighted by Gasteiger charge is -2.20. The fraction of sp³-hybridized carbons (Fsp3) is 0.538. The van der Waals surface area contributed by atoms with Gasteiger partial charge in [0.2, 0.25) is 5.95 Å². The Balaban J connectivity index is 2.36. The number of anilines is 2. The first-order valence-corrected chi connectivity index (χ1v) is 7.04. The lowest BCUT2D eigenvalue weighted by Crippen LogP contribution is -2.21. The number of hydrogen-bond donors (Lipinski definition) is 1. The molecule has 18 heavy (non-hydrogen) atoms. The van der Waals surface area contributed by atoms with E-state index in [9.17, 15) is 0 Å². The summed E-state index contributed by atoms with van der Waals surface area (Å²) in [5.74, 6) is 1.99. The van der Waals surface area contributed by atoms with E-state index in [-0.39, 0.29) is 0 Å². The number of fused-ring (bicyclic) bond motifs is 1. The van der Waals surface area contributed by atoms with Crippen molar-refractivity contribution in [3.8, 4) is 0 Å². The van der Waals surface area contributed by atoms with Gasteiger partial charge in [-0.2, -0.15) is 4.98 Å². The Kier molecular flexibility index (Phi) is 3.71. The van der Waals surface area contributed by atoms with E-state index in [0.29, 0.717) is 11.9 Å². The van der Waals surface area contributed by atoms with Crippen molar-refractivity contribution >= 4 is 33.3 Å². The second-order valence-electron chi connectivity index (χ2n) is 5.09. The Hall–Kier alpha value is -1.36. The molecule has 0 radical (unpaired) electrons. The normalized spacial score (nSPS) is 11.4. The molecular formula is C13H20N4S. The summed E-state index contributed by atoms with van der Waals surface area (Å²) in [7, 11) is 2.07. The Morgan fingerprint density at radius 2 is 2.11 bits per heavy atom. The zero-order chi connectivity index (χ0) is 13.3.